The van der Waals surface area contributed by atoms with Crippen LogP contribution in [0.2, 0.25) is 0 Å². The number of nitrogens with zero attached hydrogens (tertiary/aromatic N) is 1. The largest absolute Gasteiger partial charge is 0.416 e. The van der Waals surface area contributed by atoms with Crippen molar-refractivity contribution in [1.29, 1.82) is 0 Å². The van der Waals surface area contributed by atoms with E-state index in [0.717, 1.165) is 23.3 Å². The highest BCUT2D eigenvalue weighted by molar-refractivity contribution is 5.92. The molecular weight excluding hydrogens is 420 g/mol. The van der Waals surface area contributed by atoms with E-state index in [1.807, 2.05) is 29.2 Å². The third-order valence-electron chi connectivity index (χ3n) is 6.75. The Morgan fingerprint density at radius 3 is 2.34 bits per heavy atom. The van der Waals surface area contributed by atoms with Crippen LogP contribution in [-0.4, -0.2) is 43.0 Å². The number of likely N-dealkylation sites (tertiary alicyclic amines) is 1. The summed E-state index contributed by atoms with van der Waals surface area (Å²) < 4.78 is 52.7. The Morgan fingerprint density at radius 1 is 1.09 bits per heavy atom. The first-order valence-electron chi connectivity index (χ1n) is 10.9. The fourth-order valence-corrected chi connectivity index (χ4v) is 4.90. The summed E-state index contributed by atoms with van der Waals surface area (Å²) in [5.74, 6) is -0.123. The molecule has 4 rings (SSSR count). The Bertz CT molecular complexity index is 986. The molecule has 2 aliphatic rings. The summed E-state index contributed by atoms with van der Waals surface area (Å²) in [4.78, 5) is 15.8. The van der Waals surface area contributed by atoms with Crippen LogP contribution in [0, 0.1) is 0 Å². The van der Waals surface area contributed by atoms with E-state index in [4.69, 9.17) is 0 Å². The van der Waals surface area contributed by atoms with Crippen LogP contribution in [0.25, 0.3) is 0 Å². The molecule has 0 aliphatic carbocycles. The molecule has 3 nitrogen and oxygen atoms in total. The average molecular weight is 449 g/mol. The van der Waals surface area contributed by atoms with Crippen LogP contribution in [0.4, 0.5) is 17.6 Å². The molecule has 0 amide bonds. The van der Waals surface area contributed by atoms with Crippen LogP contribution < -0.4 is 5.32 Å². The number of alkyl halides is 4. The van der Waals surface area contributed by atoms with E-state index in [0.29, 0.717) is 31.6 Å². The zero-order chi connectivity index (χ0) is 23.1. The summed E-state index contributed by atoms with van der Waals surface area (Å²) in [7, 11) is 0. The van der Waals surface area contributed by atoms with Crippen molar-refractivity contribution >= 4 is 5.78 Å². The van der Waals surface area contributed by atoms with E-state index in [2.05, 4.69) is 19.2 Å². The van der Waals surface area contributed by atoms with Gasteiger partial charge in [0.1, 0.15) is 11.7 Å². The number of Topliss-reactive ketones (excluding diaryl/α,β-unsaturated/α-hetero) is 1. The Hall–Kier alpha value is -2.25. The lowest BCUT2D eigenvalue weighted by atomic mass is 9.69. The molecule has 1 fully saturated rings. The number of fused-ring (bicyclic) bond motifs is 1. The van der Waals surface area contributed by atoms with Crippen molar-refractivity contribution < 1.29 is 22.4 Å². The van der Waals surface area contributed by atoms with Crippen molar-refractivity contribution in [1.82, 2.24) is 10.2 Å². The van der Waals surface area contributed by atoms with Gasteiger partial charge in [-0.25, -0.2) is 4.39 Å². The van der Waals surface area contributed by atoms with Crippen molar-refractivity contribution in [3.8, 4) is 0 Å². The van der Waals surface area contributed by atoms with Crippen molar-refractivity contribution in [3.05, 3.63) is 70.8 Å². The molecule has 32 heavy (non-hydrogen) atoms. The monoisotopic (exact) mass is 448 g/mol. The van der Waals surface area contributed by atoms with Crippen molar-refractivity contribution in [3.63, 3.8) is 0 Å². The maximum Gasteiger partial charge on any atom is 0.416 e. The predicted octanol–water partition coefficient (Wildman–Crippen LogP) is 4.64. The second-order valence-electron chi connectivity index (χ2n) is 9.60. The van der Waals surface area contributed by atoms with Gasteiger partial charge >= 0.3 is 6.18 Å². The van der Waals surface area contributed by atoms with E-state index in [-0.39, 0.29) is 24.2 Å². The van der Waals surface area contributed by atoms with Crippen LogP contribution in [0.15, 0.2) is 48.5 Å². The molecule has 0 saturated carbocycles. The molecule has 7 heteroatoms. The third-order valence-corrected chi connectivity index (χ3v) is 6.75. The number of nitrogens with one attached hydrogen (secondary N) is 1. The van der Waals surface area contributed by atoms with Crippen LogP contribution in [0.1, 0.15) is 42.5 Å². The predicted molar refractivity (Wildman–Crippen MR) is 115 cm³/mol. The van der Waals surface area contributed by atoms with E-state index < -0.39 is 23.5 Å². The fourth-order valence-electron chi connectivity index (χ4n) is 4.90. The summed E-state index contributed by atoms with van der Waals surface area (Å²) in [6, 6.07) is 12.5. The minimum absolute atomic E-state index is 0.00715. The number of carbonyl (C=O) groups excluding carboxylic acids is 1. The molecule has 0 spiro atoms. The molecule has 2 aromatic rings. The van der Waals surface area contributed by atoms with Gasteiger partial charge in [-0.3, -0.25) is 15.0 Å². The first-order valence-corrected chi connectivity index (χ1v) is 10.9. The highest BCUT2D eigenvalue weighted by Gasteiger charge is 2.48. The first-order chi connectivity index (χ1) is 15.0. The topological polar surface area (TPSA) is 32.3 Å². The zero-order valence-electron chi connectivity index (χ0n) is 18.3. The molecule has 172 valence electrons. The highest BCUT2D eigenvalue weighted by Crippen LogP contribution is 2.40. The van der Waals surface area contributed by atoms with Crippen molar-refractivity contribution in [2.45, 2.75) is 50.0 Å². The lowest BCUT2D eigenvalue weighted by molar-refractivity contribution is -0.137. The van der Waals surface area contributed by atoms with Crippen molar-refractivity contribution in [2.75, 3.05) is 26.2 Å². The number of benzene rings is 2. The minimum atomic E-state index is -4.42. The van der Waals surface area contributed by atoms with Gasteiger partial charge in [-0.2, -0.15) is 13.2 Å². The second-order valence-corrected chi connectivity index (χ2v) is 9.60. The van der Waals surface area contributed by atoms with Gasteiger partial charge < -0.3 is 0 Å². The standard InChI is InChI=1S/C25H28F4N2O/c1-23(2)15-30-24(16-31-12-11-19(26)14-31,21-6-4-3-5-20(21)23)22(32)13-17-7-9-18(10-8-17)25(27,28)29/h3-10,19,30H,11-16H2,1-2H3/t19-,24?/m0/s1. The fraction of sp³-hybridized carbons (Fsp3) is 0.480. The molecule has 0 radical (unpaired) electrons. The maximum atomic E-state index is 13.9. The van der Waals surface area contributed by atoms with E-state index >= 15 is 0 Å². The summed E-state index contributed by atoms with van der Waals surface area (Å²) >= 11 is 0. The van der Waals surface area contributed by atoms with E-state index in [1.54, 1.807) is 0 Å². The third kappa shape index (κ3) is 4.33. The molecular formula is C25H28F4N2O. The first kappa shape index (κ1) is 22.9. The van der Waals surface area contributed by atoms with Gasteiger partial charge in [-0.15, -0.1) is 0 Å². The number of halogens is 4. The number of rotatable bonds is 5. The quantitative estimate of drug-likeness (QED) is 0.677. The van der Waals surface area contributed by atoms with Gasteiger partial charge in [0.2, 0.25) is 0 Å². The maximum absolute atomic E-state index is 13.9. The number of carbonyl (C=O) groups is 1. The smallest absolute Gasteiger partial charge is 0.299 e. The summed E-state index contributed by atoms with van der Waals surface area (Å²) in [6.45, 7) is 5.97. The number of ketones is 1. The van der Waals surface area contributed by atoms with Crippen molar-refractivity contribution in [2.24, 2.45) is 0 Å². The number of hydrogen-bond acceptors (Lipinski definition) is 3. The van der Waals surface area contributed by atoms with E-state index in [1.165, 1.54) is 12.1 Å². The molecule has 1 unspecified atom stereocenters. The van der Waals surface area contributed by atoms with Crippen LogP contribution >= 0.6 is 0 Å². The summed E-state index contributed by atoms with van der Waals surface area (Å²) in [6.07, 6.45) is -4.90. The molecule has 2 aliphatic heterocycles. The number of hydrogen-bond donors (Lipinski definition) is 1. The molecule has 0 aromatic heterocycles. The Labute approximate surface area is 185 Å². The Morgan fingerprint density at radius 2 is 1.75 bits per heavy atom. The van der Waals surface area contributed by atoms with E-state index in [9.17, 15) is 22.4 Å². The lowest BCUT2D eigenvalue weighted by Gasteiger charge is -2.47. The lowest BCUT2D eigenvalue weighted by Crippen LogP contribution is -2.62. The molecule has 2 aromatic carbocycles. The van der Waals surface area contributed by atoms with Crippen LogP contribution in [0.5, 0.6) is 0 Å². The Balaban J connectivity index is 1.69. The van der Waals surface area contributed by atoms with Crippen LogP contribution in [0.3, 0.4) is 0 Å². The molecule has 2 heterocycles. The zero-order valence-corrected chi connectivity index (χ0v) is 18.3. The van der Waals surface area contributed by atoms with Gasteiger partial charge in [0.15, 0.2) is 5.78 Å². The summed E-state index contributed by atoms with van der Waals surface area (Å²) in [5, 5.41) is 3.48. The second kappa shape index (κ2) is 8.27. The van der Waals surface area contributed by atoms with Crippen LogP contribution in [-0.2, 0) is 28.3 Å². The minimum Gasteiger partial charge on any atom is -0.299 e. The Kier molecular flexibility index (Phi) is 5.92. The van der Waals surface area contributed by atoms with Gasteiger partial charge in [-0.1, -0.05) is 50.2 Å². The average Bonchev–Trinajstić information content (AvgIpc) is 3.15. The van der Waals surface area contributed by atoms with Gasteiger partial charge in [0, 0.05) is 38.0 Å². The molecule has 1 saturated heterocycles. The molecule has 2 atom stereocenters. The molecule has 0 bridgehead atoms. The summed E-state index contributed by atoms with van der Waals surface area (Å²) in [5.41, 5.74) is 0.487. The van der Waals surface area contributed by atoms with Gasteiger partial charge in [0.25, 0.3) is 0 Å². The SMILES string of the molecule is CC1(C)CNC(CN2CC[C@H](F)C2)(C(=O)Cc2ccc(C(F)(F)F)cc2)c2ccccc21. The van der Waals surface area contributed by atoms with Gasteiger partial charge in [-0.05, 0) is 35.2 Å². The molecule has 1 N–H and O–H groups in total. The highest BCUT2D eigenvalue weighted by atomic mass is 19.4. The normalized spacial score (nSPS) is 25.5. The van der Waals surface area contributed by atoms with Gasteiger partial charge in [0.05, 0.1) is 5.56 Å².